The number of carbonyl (C=O) groups is 1. The molecule has 2 saturated heterocycles. The van der Waals surface area contributed by atoms with Gasteiger partial charge in [0, 0.05) is 37.6 Å². The summed E-state index contributed by atoms with van der Waals surface area (Å²) in [5.74, 6) is 0.206. The van der Waals surface area contributed by atoms with Crippen LogP contribution < -0.4 is 4.74 Å². The number of fused-ring (bicyclic) bond motifs is 2. The first-order valence-electron chi connectivity index (χ1n) is 9.83. The predicted molar refractivity (Wildman–Crippen MR) is 99.5 cm³/mol. The van der Waals surface area contributed by atoms with Gasteiger partial charge in [0.2, 0.25) is 0 Å². The van der Waals surface area contributed by atoms with Gasteiger partial charge in [0.15, 0.2) is 11.2 Å². The first kappa shape index (κ1) is 16.9. The summed E-state index contributed by atoms with van der Waals surface area (Å²) in [7, 11) is 0. The van der Waals surface area contributed by atoms with Crippen molar-refractivity contribution >= 4 is 11.6 Å². The average molecular weight is 394 g/mol. The van der Waals surface area contributed by atoms with Crippen LogP contribution in [0.4, 0.5) is 4.39 Å². The first-order chi connectivity index (χ1) is 14.1. The van der Waals surface area contributed by atoms with Crippen molar-refractivity contribution in [2.75, 3.05) is 0 Å². The van der Waals surface area contributed by atoms with Crippen molar-refractivity contribution in [3.63, 3.8) is 0 Å². The molecule has 1 spiro atoms. The molecule has 29 heavy (non-hydrogen) atoms. The van der Waals surface area contributed by atoms with Gasteiger partial charge in [-0.2, -0.15) is 0 Å². The second-order valence-corrected chi connectivity index (χ2v) is 7.96. The molecular formula is C21H19FN4O3. The first-order valence-corrected chi connectivity index (χ1v) is 9.83. The van der Waals surface area contributed by atoms with Crippen LogP contribution in [0.15, 0.2) is 49.1 Å². The lowest BCUT2D eigenvalue weighted by atomic mass is 9.76. The Morgan fingerprint density at radius 1 is 1.10 bits per heavy atom. The Hall–Kier alpha value is -3.00. The van der Waals surface area contributed by atoms with Crippen LogP contribution in [0.3, 0.4) is 0 Å². The third kappa shape index (κ3) is 2.48. The highest BCUT2D eigenvalue weighted by atomic mass is 19.1. The Morgan fingerprint density at radius 3 is 2.66 bits per heavy atom. The van der Waals surface area contributed by atoms with Crippen LogP contribution in [0, 0.1) is 5.82 Å². The molecule has 0 unspecified atom stereocenters. The molecule has 0 N–H and O–H groups in total. The number of amides is 1. The SMILES string of the molecule is O=C1N2[C@@H](CC[C@H]2c2ccc(F)cc2)OC12CC(Oc1nccn3ccnc13)C2. The van der Waals surface area contributed by atoms with E-state index in [4.69, 9.17) is 9.47 Å². The van der Waals surface area contributed by atoms with Crippen LogP contribution in [0.2, 0.25) is 0 Å². The van der Waals surface area contributed by atoms with E-state index < -0.39 is 5.60 Å². The van der Waals surface area contributed by atoms with Gasteiger partial charge < -0.3 is 18.8 Å². The Kier molecular flexibility index (Phi) is 3.50. The summed E-state index contributed by atoms with van der Waals surface area (Å²) < 4.78 is 27.4. The third-order valence-electron chi connectivity index (χ3n) is 6.25. The van der Waals surface area contributed by atoms with E-state index in [0.29, 0.717) is 24.4 Å². The van der Waals surface area contributed by atoms with Gasteiger partial charge in [0.05, 0.1) is 6.04 Å². The number of nitrogens with zero attached hydrogens (tertiary/aromatic N) is 4. The van der Waals surface area contributed by atoms with Gasteiger partial charge in [-0.25, -0.2) is 14.4 Å². The minimum Gasteiger partial charge on any atom is -0.471 e. The van der Waals surface area contributed by atoms with E-state index in [-0.39, 0.29) is 30.1 Å². The van der Waals surface area contributed by atoms with E-state index in [0.717, 1.165) is 18.4 Å². The summed E-state index contributed by atoms with van der Waals surface area (Å²) in [5.41, 5.74) is 0.795. The van der Waals surface area contributed by atoms with Crippen LogP contribution >= 0.6 is 0 Å². The van der Waals surface area contributed by atoms with Crippen molar-refractivity contribution < 1.29 is 18.7 Å². The van der Waals surface area contributed by atoms with Crippen molar-refractivity contribution in [3.05, 3.63) is 60.4 Å². The van der Waals surface area contributed by atoms with Crippen molar-refractivity contribution in [2.45, 2.75) is 49.7 Å². The molecule has 6 rings (SSSR count). The van der Waals surface area contributed by atoms with E-state index in [1.165, 1.54) is 12.1 Å². The molecule has 3 fully saturated rings. The van der Waals surface area contributed by atoms with Crippen LogP contribution in [0.1, 0.15) is 37.3 Å². The van der Waals surface area contributed by atoms with E-state index in [9.17, 15) is 9.18 Å². The van der Waals surface area contributed by atoms with E-state index in [1.54, 1.807) is 24.5 Å². The van der Waals surface area contributed by atoms with Gasteiger partial charge in [-0.15, -0.1) is 0 Å². The summed E-state index contributed by atoms with van der Waals surface area (Å²) in [5, 5.41) is 0. The molecule has 2 aliphatic heterocycles. The molecule has 1 saturated carbocycles. The van der Waals surface area contributed by atoms with Crippen LogP contribution in [-0.2, 0) is 9.53 Å². The summed E-state index contributed by atoms with van der Waals surface area (Å²) in [6.07, 6.45) is 9.26. The van der Waals surface area contributed by atoms with Crippen LogP contribution in [0.5, 0.6) is 5.88 Å². The third-order valence-corrected chi connectivity index (χ3v) is 6.25. The zero-order valence-electron chi connectivity index (χ0n) is 15.6. The molecule has 2 atom stereocenters. The average Bonchev–Trinajstić information content (AvgIpc) is 3.39. The lowest BCUT2D eigenvalue weighted by Gasteiger charge is -2.41. The second kappa shape index (κ2) is 6.00. The molecule has 0 radical (unpaired) electrons. The lowest BCUT2D eigenvalue weighted by molar-refractivity contribution is -0.162. The van der Waals surface area contributed by atoms with E-state index >= 15 is 0 Å². The number of carbonyl (C=O) groups excluding carboxylic acids is 1. The number of hydrogen-bond donors (Lipinski definition) is 0. The summed E-state index contributed by atoms with van der Waals surface area (Å²) in [6.45, 7) is 0. The highest BCUT2D eigenvalue weighted by Crippen LogP contribution is 2.51. The van der Waals surface area contributed by atoms with E-state index in [1.807, 2.05) is 21.7 Å². The van der Waals surface area contributed by atoms with Crippen LogP contribution in [-0.4, -0.2) is 43.1 Å². The van der Waals surface area contributed by atoms with Gasteiger partial charge in [-0.3, -0.25) is 4.79 Å². The Bertz CT molecular complexity index is 1090. The minimum absolute atomic E-state index is 0.0150. The number of ether oxygens (including phenoxy) is 2. The lowest BCUT2D eigenvalue weighted by Crippen LogP contribution is -2.56. The topological polar surface area (TPSA) is 69.0 Å². The Labute approximate surface area is 166 Å². The zero-order chi connectivity index (χ0) is 19.6. The summed E-state index contributed by atoms with van der Waals surface area (Å²) in [4.78, 5) is 23.6. The highest BCUT2D eigenvalue weighted by Gasteiger charge is 2.63. The van der Waals surface area contributed by atoms with Crippen molar-refractivity contribution in [3.8, 4) is 5.88 Å². The number of benzene rings is 1. The number of imidazole rings is 1. The van der Waals surface area contributed by atoms with Crippen LogP contribution in [0.25, 0.3) is 5.65 Å². The normalized spacial score (nSPS) is 30.7. The molecule has 0 bridgehead atoms. The smallest absolute Gasteiger partial charge is 0.258 e. The molecule has 148 valence electrons. The fourth-order valence-electron chi connectivity index (χ4n) is 4.83. The van der Waals surface area contributed by atoms with Gasteiger partial charge in [-0.05, 0) is 30.5 Å². The fraction of sp³-hybridized carbons (Fsp3) is 0.381. The fourth-order valence-corrected chi connectivity index (χ4v) is 4.83. The molecule has 3 aromatic rings. The zero-order valence-corrected chi connectivity index (χ0v) is 15.6. The van der Waals surface area contributed by atoms with Crippen molar-refractivity contribution in [1.82, 2.24) is 19.3 Å². The molecular weight excluding hydrogens is 375 g/mol. The van der Waals surface area contributed by atoms with Gasteiger partial charge >= 0.3 is 0 Å². The summed E-state index contributed by atoms with van der Waals surface area (Å²) in [6, 6.07) is 6.33. The summed E-state index contributed by atoms with van der Waals surface area (Å²) >= 11 is 0. The highest BCUT2D eigenvalue weighted by molar-refractivity contribution is 5.89. The van der Waals surface area contributed by atoms with Gasteiger partial charge in [0.1, 0.15) is 18.1 Å². The molecule has 1 aromatic carbocycles. The standard InChI is InChI=1S/C21H19FN4O3/c22-14-3-1-13(2-4-14)16-5-6-17-26(16)20(27)21(29-17)11-15(12-21)28-19-18-23-7-9-25(18)10-8-24-19/h1-4,7-10,15-17H,5-6,11-12H2/t15?,16-,17+,21?/m0/s1. The maximum atomic E-state index is 13.3. The van der Waals surface area contributed by atoms with E-state index in [2.05, 4.69) is 9.97 Å². The Balaban J connectivity index is 1.18. The maximum Gasteiger partial charge on any atom is 0.258 e. The number of halogens is 1. The predicted octanol–water partition coefficient (Wildman–Crippen LogP) is 2.87. The minimum atomic E-state index is -0.811. The van der Waals surface area contributed by atoms with Crippen molar-refractivity contribution in [1.29, 1.82) is 0 Å². The monoisotopic (exact) mass is 394 g/mol. The van der Waals surface area contributed by atoms with Gasteiger partial charge in [0.25, 0.3) is 11.8 Å². The molecule has 3 aliphatic rings. The molecule has 1 amide bonds. The Morgan fingerprint density at radius 2 is 1.86 bits per heavy atom. The number of aromatic nitrogens is 3. The molecule has 4 heterocycles. The molecule has 1 aliphatic carbocycles. The van der Waals surface area contributed by atoms with Crippen molar-refractivity contribution in [2.24, 2.45) is 0 Å². The second-order valence-electron chi connectivity index (χ2n) is 7.96. The van der Waals surface area contributed by atoms with Gasteiger partial charge in [-0.1, -0.05) is 12.1 Å². The maximum absolute atomic E-state index is 13.3. The largest absolute Gasteiger partial charge is 0.471 e. The quantitative estimate of drug-likeness (QED) is 0.683. The number of hydrogen-bond acceptors (Lipinski definition) is 5. The molecule has 7 nitrogen and oxygen atoms in total. The molecule has 2 aromatic heterocycles. The molecule has 8 heteroatoms. The number of rotatable bonds is 3.